The van der Waals surface area contributed by atoms with Crippen LogP contribution in [-0.4, -0.2) is 54.3 Å². The number of nitrogens with one attached hydrogen (secondary N) is 1. The maximum atomic E-state index is 12.1. The fraction of sp³-hybridized carbons (Fsp3) is 0.822. The van der Waals surface area contributed by atoms with Crippen molar-refractivity contribution < 1.29 is 37.9 Å². The molecule has 0 radical (unpaired) electrons. The lowest BCUT2D eigenvalue weighted by Gasteiger charge is -2.15. The number of aliphatic hydroxyl groups excluding tert-OH is 1. The van der Waals surface area contributed by atoms with Gasteiger partial charge in [0.2, 0.25) is 5.91 Å². The number of esters is 1. The van der Waals surface area contributed by atoms with Gasteiger partial charge in [0.25, 0.3) is 0 Å². The third-order valence-electron chi connectivity index (χ3n) is 9.57. The minimum Gasteiger partial charge on any atom is -0.463 e. The number of carbonyl (C=O) groups excluding carboxylic acids is 2. The van der Waals surface area contributed by atoms with Gasteiger partial charge >= 0.3 is 13.8 Å². The van der Waals surface area contributed by atoms with Crippen LogP contribution >= 0.6 is 7.82 Å². The molecule has 0 aliphatic carbocycles. The summed E-state index contributed by atoms with van der Waals surface area (Å²) >= 11 is 0. The third kappa shape index (κ3) is 43.2. The van der Waals surface area contributed by atoms with E-state index in [0.29, 0.717) is 6.42 Å². The molecule has 2 atom stereocenters. The van der Waals surface area contributed by atoms with Crippen LogP contribution in [0.3, 0.4) is 0 Å². The van der Waals surface area contributed by atoms with Gasteiger partial charge in [-0.3, -0.25) is 18.6 Å². The van der Waals surface area contributed by atoms with E-state index in [2.05, 4.69) is 55.6 Å². The lowest BCUT2D eigenvalue weighted by Crippen LogP contribution is -2.27. The number of carbonyl (C=O) groups is 2. The summed E-state index contributed by atoms with van der Waals surface area (Å²) in [6, 6.07) is 0. The lowest BCUT2D eigenvalue weighted by molar-refractivity contribution is -0.147. The largest absolute Gasteiger partial charge is 0.472 e. The maximum Gasteiger partial charge on any atom is 0.472 e. The van der Waals surface area contributed by atoms with E-state index in [1.54, 1.807) is 0 Å². The van der Waals surface area contributed by atoms with E-state index < -0.39 is 26.5 Å². The van der Waals surface area contributed by atoms with Gasteiger partial charge < -0.3 is 20.1 Å². The number of hydrogen-bond donors (Lipinski definition) is 3. The number of rotatable bonds is 42. The molecule has 1 amide bonds. The Hall–Kier alpha value is -1.77. The Morgan fingerprint density at radius 3 is 1.51 bits per heavy atom. The monoisotopic (exact) mass is 798 g/mol. The minimum atomic E-state index is -4.42. The van der Waals surface area contributed by atoms with Crippen molar-refractivity contribution >= 4 is 19.7 Å². The van der Waals surface area contributed by atoms with Gasteiger partial charge in [-0.1, -0.05) is 179 Å². The quantitative estimate of drug-likeness (QED) is 0.0241. The number of unbranched alkanes of at least 4 members (excludes halogenated alkanes) is 23. The summed E-state index contributed by atoms with van der Waals surface area (Å²) in [5.74, 6) is -0.524. The molecule has 0 aliphatic rings. The molecule has 0 saturated carbocycles. The van der Waals surface area contributed by atoms with Crippen molar-refractivity contribution in [3.63, 3.8) is 0 Å². The molecule has 0 aromatic carbocycles. The average Bonchev–Trinajstić information content (AvgIpc) is 3.17. The summed E-state index contributed by atoms with van der Waals surface area (Å²) in [5, 5.41) is 12.7. The van der Waals surface area contributed by atoms with Gasteiger partial charge in [0.1, 0.15) is 12.7 Å². The van der Waals surface area contributed by atoms with Crippen molar-refractivity contribution in [1.82, 2.24) is 5.32 Å². The van der Waals surface area contributed by atoms with Crippen molar-refractivity contribution in [2.24, 2.45) is 0 Å². The number of phosphoric ester groups is 1. The van der Waals surface area contributed by atoms with Gasteiger partial charge in [-0.25, -0.2) is 4.57 Å². The molecule has 0 saturated heterocycles. The number of ether oxygens (including phenoxy) is 1. The molecule has 9 nitrogen and oxygen atoms in total. The van der Waals surface area contributed by atoms with E-state index in [1.165, 1.54) is 116 Å². The Bertz CT molecular complexity index is 1000. The van der Waals surface area contributed by atoms with Crippen LogP contribution in [0.2, 0.25) is 0 Å². The third-order valence-corrected chi connectivity index (χ3v) is 10.6. The summed E-state index contributed by atoms with van der Waals surface area (Å²) in [6.07, 6.45) is 46.4. The second-order valence-corrected chi connectivity index (χ2v) is 16.5. The van der Waals surface area contributed by atoms with Gasteiger partial charge in [0, 0.05) is 19.4 Å². The standard InChI is InChI=1S/C45H84NO8P/c1-3-5-7-9-11-13-15-17-19-20-21-22-24-26-28-30-32-34-36-38-45(49)52-41-43(47)42-54-55(50,51)53-40-39-46-44(48)37-35-33-31-29-27-25-23-18-16-14-12-10-8-6-4-2/h11,13,17,19,21-22,43,47H,3-10,12,14-16,18,20,23-42H2,1-2H3,(H,46,48)(H,50,51)/b13-11-,19-17-,22-21-. The smallest absolute Gasteiger partial charge is 0.463 e. The highest BCUT2D eigenvalue weighted by molar-refractivity contribution is 7.47. The van der Waals surface area contributed by atoms with E-state index in [4.69, 9.17) is 13.8 Å². The zero-order valence-electron chi connectivity index (χ0n) is 35.4. The summed E-state index contributed by atoms with van der Waals surface area (Å²) in [4.78, 5) is 33.9. The number of hydrogen-bond acceptors (Lipinski definition) is 7. The van der Waals surface area contributed by atoms with Gasteiger partial charge in [-0.2, -0.15) is 0 Å². The minimum absolute atomic E-state index is 0.0823. The molecular formula is C45H84NO8P. The van der Waals surface area contributed by atoms with Crippen LogP contribution in [0.15, 0.2) is 36.5 Å². The fourth-order valence-corrected chi connectivity index (χ4v) is 6.91. The van der Waals surface area contributed by atoms with Crippen LogP contribution in [0.1, 0.15) is 206 Å². The lowest BCUT2D eigenvalue weighted by atomic mass is 10.0. The molecule has 3 N–H and O–H groups in total. The molecule has 322 valence electrons. The molecule has 0 rings (SSSR count). The van der Waals surface area contributed by atoms with E-state index in [1.807, 2.05) is 0 Å². The summed E-state index contributed by atoms with van der Waals surface area (Å²) in [5.41, 5.74) is 0. The number of amides is 1. The number of allylic oxidation sites excluding steroid dienone is 6. The molecule has 0 bridgehead atoms. The van der Waals surface area contributed by atoms with Crippen LogP contribution in [0.4, 0.5) is 0 Å². The molecule has 0 heterocycles. The van der Waals surface area contributed by atoms with Crippen LogP contribution in [-0.2, 0) is 27.9 Å². The molecule has 2 unspecified atom stereocenters. The second-order valence-electron chi connectivity index (χ2n) is 15.0. The molecule has 0 aromatic heterocycles. The molecule has 0 fully saturated rings. The average molecular weight is 798 g/mol. The van der Waals surface area contributed by atoms with E-state index >= 15 is 0 Å². The first-order valence-corrected chi connectivity index (χ1v) is 24.0. The van der Waals surface area contributed by atoms with Crippen LogP contribution in [0, 0.1) is 0 Å². The Morgan fingerprint density at radius 1 is 0.564 bits per heavy atom. The van der Waals surface area contributed by atoms with Gasteiger partial charge in [-0.05, 0) is 51.4 Å². The second kappa shape index (κ2) is 41.9. The van der Waals surface area contributed by atoms with Crippen LogP contribution < -0.4 is 5.32 Å². The summed E-state index contributed by atoms with van der Waals surface area (Å²) in [6.45, 7) is 3.53. The van der Waals surface area contributed by atoms with Crippen molar-refractivity contribution in [1.29, 1.82) is 0 Å². The molecule has 55 heavy (non-hydrogen) atoms. The normalized spacial score (nSPS) is 13.6. The molecule has 10 heteroatoms. The van der Waals surface area contributed by atoms with Crippen molar-refractivity contribution in [3.8, 4) is 0 Å². The molecule has 0 aliphatic heterocycles. The van der Waals surface area contributed by atoms with E-state index in [-0.39, 0.29) is 32.1 Å². The SMILES string of the molecule is CCCCC/C=C\C/C=C\C/C=C\CCCCCCCCC(=O)OCC(O)COP(=O)(O)OCCNC(=O)CCCCCCCCCCCCCCCCC. The van der Waals surface area contributed by atoms with Crippen LogP contribution in [0.5, 0.6) is 0 Å². The number of phosphoric acid groups is 1. The van der Waals surface area contributed by atoms with Crippen molar-refractivity contribution in [2.45, 2.75) is 213 Å². The maximum absolute atomic E-state index is 12.1. The summed E-state index contributed by atoms with van der Waals surface area (Å²) in [7, 11) is -4.42. The predicted octanol–water partition coefficient (Wildman–Crippen LogP) is 12.6. The predicted molar refractivity (Wildman–Crippen MR) is 229 cm³/mol. The fourth-order valence-electron chi connectivity index (χ4n) is 6.15. The summed E-state index contributed by atoms with van der Waals surface area (Å²) < 4.78 is 26.9. The van der Waals surface area contributed by atoms with E-state index in [9.17, 15) is 24.2 Å². The van der Waals surface area contributed by atoms with E-state index in [0.717, 1.165) is 64.2 Å². The first-order valence-electron chi connectivity index (χ1n) is 22.5. The highest BCUT2D eigenvalue weighted by Gasteiger charge is 2.23. The Labute approximate surface area is 337 Å². The highest BCUT2D eigenvalue weighted by atomic mass is 31.2. The zero-order chi connectivity index (χ0) is 40.3. The number of aliphatic hydroxyl groups is 1. The Balaban J connectivity index is 3.61. The highest BCUT2D eigenvalue weighted by Crippen LogP contribution is 2.42. The Morgan fingerprint density at radius 2 is 0.982 bits per heavy atom. The van der Waals surface area contributed by atoms with Crippen molar-refractivity contribution in [3.05, 3.63) is 36.5 Å². The molecule has 0 aromatic rings. The van der Waals surface area contributed by atoms with Gasteiger partial charge in [-0.15, -0.1) is 0 Å². The Kier molecular flexibility index (Phi) is 40.5. The molecular weight excluding hydrogens is 713 g/mol. The van der Waals surface area contributed by atoms with Gasteiger partial charge in [0.15, 0.2) is 0 Å². The van der Waals surface area contributed by atoms with Crippen molar-refractivity contribution in [2.75, 3.05) is 26.4 Å². The van der Waals surface area contributed by atoms with Crippen LogP contribution in [0.25, 0.3) is 0 Å². The molecule has 0 spiro atoms. The zero-order valence-corrected chi connectivity index (χ0v) is 36.3. The first kappa shape index (κ1) is 53.2. The first-order chi connectivity index (χ1) is 26.8. The van der Waals surface area contributed by atoms with Gasteiger partial charge in [0.05, 0.1) is 13.2 Å². The topological polar surface area (TPSA) is 131 Å².